The Hall–Kier alpha value is -1.55. The van der Waals surface area contributed by atoms with E-state index in [9.17, 15) is 9.90 Å². The largest absolute Gasteiger partial charge is 0.444 e. The van der Waals surface area contributed by atoms with Gasteiger partial charge in [0.15, 0.2) is 0 Å². The summed E-state index contributed by atoms with van der Waals surface area (Å²) in [5, 5.41) is 10.7. The van der Waals surface area contributed by atoms with Crippen LogP contribution in [-0.2, 0) is 10.2 Å². The van der Waals surface area contributed by atoms with Crippen LogP contribution in [0.2, 0.25) is 0 Å². The predicted molar refractivity (Wildman–Crippen MR) is 103 cm³/mol. The van der Waals surface area contributed by atoms with E-state index < -0.39 is 5.60 Å². The van der Waals surface area contributed by atoms with Crippen molar-refractivity contribution < 1.29 is 14.6 Å². The van der Waals surface area contributed by atoms with Gasteiger partial charge in [-0.1, -0.05) is 44.2 Å². The normalized spacial score (nSPS) is 31.2. The lowest BCUT2D eigenvalue weighted by molar-refractivity contribution is -0.101. The van der Waals surface area contributed by atoms with E-state index >= 15 is 0 Å². The molecule has 1 saturated carbocycles. The highest BCUT2D eigenvalue weighted by atomic mass is 16.6. The van der Waals surface area contributed by atoms with Gasteiger partial charge in [-0.3, -0.25) is 0 Å². The summed E-state index contributed by atoms with van der Waals surface area (Å²) in [5.41, 5.74) is 0.488. The molecule has 0 spiro atoms. The Morgan fingerprint density at radius 1 is 1.19 bits per heavy atom. The fraction of sp³-hybridized carbons (Fsp3) is 0.682. The zero-order valence-corrected chi connectivity index (χ0v) is 16.8. The molecular weight excluding hydrogens is 326 g/mol. The molecule has 1 saturated heterocycles. The molecule has 3 rings (SSSR count). The van der Waals surface area contributed by atoms with Gasteiger partial charge in [0.25, 0.3) is 0 Å². The molecule has 2 fully saturated rings. The van der Waals surface area contributed by atoms with Crippen LogP contribution >= 0.6 is 0 Å². The molecule has 3 atom stereocenters. The number of nitrogens with zero attached hydrogens (tertiary/aromatic N) is 1. The van der Waals surface area contributed by atoms with Crippen molar-refractivity contribution in [3.05, 3.63) is 35.9 Å². The first-order valence-electron chi connectivity index (χ1n) is 9.78. The molecule has 144 valence electrons. The van der Waals surface area contributed by atoms with E-state index in [4.69, 9.17) is 4.74 Å². The first kappa shape index (κ1) is 19.2. The van der Waals surface area contributed by atoms with E-state index in [0.717, 1.165) is 19.3 Å². The minimum atomic E-state index is -0.490. The number of fused-ring (bicyclic) bond motifs is 1. The fourth-order valence-electron chi connectivity index (χ4n) is 5.12. The number of amides is 1. The summed E-state index contributed by atoms with van der Waals surface area (Å²) in [4.78, 5) is 14.6. The Labute approximate surface area is 157 Å². The van der Waals surface area contributed by atoms with Gasteiger partial charge in [-0.05, 0) is 56.9 Å². The molecule has 1 aliphatic heterocycles. The van der Waals surface area contributed by atoms with Crippen molar-refractivity contribution in [1.29, 1.82) is 0 Å². The molecule has 0 radical (unpaired) electrons. The zero-order chi connectivity index (χ0) is 19.2. The topological polar surface area (TPSA) is 49.8 Å². The number of hydrogen-bond acceptors (Lipinski definition) is 3. The maximum Gasteiger partial charge on any atom is 0.410 e. The average Bonchev–Trinajstić information content (AvgIpc) is 2.57. The van der Waals surface area contributed by atoms with E-state index in [0.29, 0.717) is 19.0 Å². The van der Waals surface area contributed by atoms with Crippen LogP contribution in [0, 0.1) is 11.3 Å². The van der Waals surface area contributed by atoms with Crippen LogP contribution in [0.15, 0.2) is 30.3 Å². The first-order chi connectivity index (χ1) is 12.1. The van der Waals surface area contributed by atoms with Gasteiger partial charge in [0.2, 0.25) is 0 Å². The van der Waals surface area contributed by atoms with Crippen molar-refractivity contribution in [1.82, 2.24) is 4.90 Å². The van der Waals surface area contributed by atoms with Crippen molar-refractivity contribution in [2.75, 3.05) is 13.1 Å². The Bertz CT molecular complexity index is 649. The molecule has 4 heteroatoms. The quantitative estimate of drug-likeness (QED) is 0.810. The summed E-state index contributed by atoms with van der Waals surface area (Å²) < 4.78 is 5.65. The molecule has 1 unspecified atom stereocenters. The lowest BCUT2D eigenvalue weighted by Gasteiger charge is -2.59. The number of hydrogen-bond donors (Lipinski definition) is 1. The molecule has 0 bridgehead atoms. The lowest BCUT2D eigenvalue weighted by atomic mass is 9.50. The smallest absolute Gasteiger partial charge is 0.410 e. The second-order valence-corrected chi connectivity index (χ2v) is 9.64. The second-order valence-electron chi connectivity index (χ2n) is 9.64. The highest BCUT2D eigenvalue weighted by molar-refractivity contribution is 5.68. The number of carbonyl (C=O) groups excluding carboxylic acids is 1. The average molecular weight is 360 g/mol. The van der Waals surface area contributed by atoms with Crippen molar-refractivity contribution >= 4 is 6.09 Å². The molecule has 1 heterocycles. The highest BCUT2D eigenvalue weighted by Gasteiger charge is 2.56. The third kappa shape index (κ3) is 3.36. The standard InChI is InChI=1S/C22H33NO3/c1-20(2,3)26-19(25)23-14-12-17-21(4,5)18(24)11-13-22(17,15-23)16-9-7-6-8-10-16/h6-10,17-18,24H,11-15H2,1-5H3/t17-,18?,22+/m0/s1. The molecule has 1 aliphatic carbocycles. The van der Waals surface area contributed by atoms with Gasteiger partial charge in [-0.2, -0.15) is 0 Å². The molecule has 2 aliphatic rings. The summed E-state index contributed by atoms with van der Waals surface area (Å²) in [7, 11) is 0. The maximum atomic E-state index is 12.7. The van der Waals surface area contributed by atoms with Crippen molar-refractivity contribution in [3.8, 4) is 0 Å². The zero-order valence-electron chi connectivity index (χ0n) is 16.8. The second kappa shape index (κ2) is 6.56. The van der Waals surface area contributed by atoms with E-state index in [1.807, 2.05) is 31.7 Å². The third-order valence-electron chi connectivity index (χ3n) is 6.45. The molecule has 1 aromatic rings. The SMILES string of the molecule is CC(C)(C)OC(=O)N1CC[C@H]2C(C)(C)C(O)CC[C@]2(c2ccccc2)C1. The van der Waals surface area contributed by atoms with Gasteiger partial charge in [-0.15, -0.1) is 0 Å². The monoisotopic (exact) mass is 359 g/mol. The minimum absolute atomic E-state index is 0.126. The van der Waals surface area contributed by atoms with Crippen LogP contribution in [0.5, 0.6) is 0 Å². The van der Waals surface area contributed by atoms with Crippen LogP contribution in [-0.4, -0.2) is 40.9 Å². The molecule has 1 aromatic carbocycles. The summed E-state index contributed by atoms with van der Waals surface area (Å²) in [5.74, 6) is 0.333. The Morgan fingerprint density at radius 2 is 1.85 bits per heavy atom. The predicted octanol–water partition coefficient (Wildman–Crippen LogP) is 4.36. The number of likely N-dealkylation sites (tertiary alicyclic amines) is 1. The molecule has 26 heavy (non-hydrogen) atoms. The highest BCUT2D eigenvalue weighted by Crippen LogP contribution is 2.56. The van der Waals surface area contributed by atoms with E-state index in [1.54, 1.807) is 0 Å². The third-order valence-corrected chi connectivity index (χ3v) is 6.45. The van der Waals surface area contributed by atoms with Crippen LogP contribution < -0.4 is 0 Å². The fourth-order valence-corrected chi connectivity index (χ4v) is 5.12. The van der Waals surface area contributed by atoms with Gasteiger partial charge < -0.3 is 14.7 Å². The molecule has 1 N–H and O–H groups in total. The first-order valence-corrected chi connectivity index (χ1v) is 9.78. The van der Waals surface area contributed by atoms with Gasteiger partial charge in [0, 0.05) is 18.5 Å². The van der Waals surface area contributed by atoms with Crippen LogP contribution in [0.25, 0.3) is 0 Å². The van der Waals surface area contributed by atoms with E-state index in [2.05, 4.69) is 38.1 Å². The Morgan fingerprint density at radius 3 is 2.46 bits per heavy atom. The van der Waals surface area contributed by atoms with Gasteiger partial charge in [0.1, 0.15) is 5.60 Å². The Balaban J connectivity index is 1.97. The summed E-state index contributed by atoms with van der Waals surface area (Å²) in [6.07, 6.45) is 2.03. The summed E-state index contributed by atoms with van der Waals surface area (Å²) in [6.45, 7) is 11.4. The maximum absolute atomic E-state index is 12.7. The Kier molecular flexibility index (Phi) is 4.85. The van der Waals surface area contributed by atoms with Crippen LogP contribution in [0.4, 0.5) is 4.79 Å². The van der Waals surface area contributed by atoms with Gasteiger partial charge in [-0.25, -0.2) is 4.79 Å². The lowest BCUT2D eigenvalue weighted by Crippen LogP contribution is -2.62. The minimum Gasteiger partial charge on any atom is -0.444 e. The molecule has 1 amide bonds. The number of rotatable bonds is 1. The van der Waals surface area contributed by atoms with Crippen molar-refractivity contribution in [2.45, 2.75) is 71.0 Å². The summed E-state index contributed by atoms with van der Waals surface area (Å²) in [6, 6.07) is 10.5. The van der Waals surface area contributed by atoms with E-state index in [1.165, 1.54) is 5.56 Å². The number of aliphatic hydroxyl groups is 1. The molecule has 4 nitrogen and oxygen atoms in total. The van der Waals surface area contributed by atoms with Crippen LogP contribution in [0.3, 0.4) is 0 Å². The molecule has 0 aromatic heterocycles. The van der Waals surface area contributed by atoms with Crippen molar-refractivity contribution in [3.63, 3.8) is 0 Å². The van der Waals surface area contributed by atoms with Crippen molar-refractivity contribution in [2.24, 2.45) is 11.3 Å². The van der Waals surface area contributed by atoms with Gasteiger partial charge in [0.05, 0.1) is 6.10 Å². The number of piperidine rings is 1. The number of ether oxygens (including phenoxy) is 1. The van der Waals surface area contributed by atoms with E-state index in [-0.39, 0.29) is 23.0 Å². The number of carbonyl (C=O) groups is 1. The molecular formula is C22H33NO3. The van der Waals surface area contributed by atoms with Crippen LogP contribution in [0.1, 0.15) is 59.4 Å². The van der Waals surface area contributed by atoms with Gasteiger partial charge >= 0.3 is 6.09 Å². The number of aliphatic hydroxyl groups excluding tert-OH is 1. The number of benzene rings is 1. The summed E-state index contributed by atoms with van der Waals surface area (Å²) >= 11 is 0.